The highest BCUT2D eigenvalue weighted by Gasteiger charge is 2.62. The lowest BCUT2D eigenvalue weighted by Crippen LogP contribution is -2.67. The van der Waals surface area contributed by atoms with E-state index >= 15 is 0 Å². The van der Waals surface area contributed by atoms with E-state index in [1.54, 1.807) is 14.2 Å². The summed E-state index contributed by atoms with van der Waals surface area (Å²) < 4.78 is 17.6. The zero-order valence-corrected chi connectivity index (χ0v) is 31.4. The van der Waals surface area contributed by atoms with Gasteiger partial charge < -0.3 is 24.2 Å². The number of esters is 2. The minimum Gasteiger partial charge on any atom is -0.496 e. The number of allylic oxidation sites excluding steroid dienone is 1. The van der Waals surface area contributed by atoms with Crippen LogP contribution >= 0.6 is 0 Å². The van der Waals surface area contributed by atoms with E-state index in [0.29, 0.717) is 11.8 Å². The molecule has 2 aliphatic carbocycles. The summed E-state index contributed by atoms with van der Waals surface area (Å²) >= 11 is 0. The largest absolute Gasteiger partial charge is 0.496 e. The number of likely N-dealkylation sites (N-methyl/N-ethyl adjacent to an activating group) is 1. The number of nitrogens with one attached hydrogen (secondary N) is 2. The third-order valence-corrected chi connectivity index (χ3v) is 14.1. The summed E-state index contributed by atoms with van der Waals surface area (Å²) in [7, 11) is 6.99. The summed E-state index contributed by atoms with van der Waals surface area (Å²) in [6.45, 7) is 7.17. The first-order valence-corrected chi connectivity index (χ1v) is 19.3. The van der Waals surface area contributed by atoms with Crippen LogP contribution in [0.5, 0.6) is 5.75 Å². The van der Waals surface area contributed by atoms with Crippen LogP contribution in [-0.2, 0) is 37.3 Å². The smallest absolute Gasteiger partial charge is 0.319 e. The third-order valence-electron chi connectivity index (χ3n) is 14.1. The first-order valence-electron chi connectivity index (χ1n) is 19.3. The van der Waals surface area contributed by atoms with Crippen LogP contribution in [0.15, 0.2) is 48.0 Å². The maximum atomic E-state index is 14.2. The number of likely N-dealkylation sites (tertiary alicyclic amines) is 1. The molecule has 1 unspecified atom stereocenters. The van der Waals surface area contributed by atoms with E-state index in [0.717, 1.165) is 85.2 Å². The van der Waals surface area contributed by atoms with Gasteiger partial charge in [-0.25, -0.2) is 0 Å². The molecule has 0 radical (unpaired) electrons. The molecule has 0 amide bonds. The van der Waals surface area contributed by atoms with Crippen LogP contribution in [-0.4, -0.2) is 91.8 Å². The number of piperidine rings is 3. The number of methoxy groups -OCH3 is 3. The maximum absolute atomic E-state index is 14.2. The minimum atomic E-state index is -0.725. The quantitative estimate of drug-likeness (QED) is 0.181. The van der Waals surface area contributed by atoms with E-state index in [9.17, 15) is 9.59 Å². The van der Waals surface area contributed by atoms with Crippen molar-refractivity contribution in [2.45, 2.75) is 75.8 Å². The number of ether oxygens (including phenoxy) is 3. The molecule has 10 rings (SSSR count). The predicted octanol–water partition coefficient (Wildman–Crippen LogP) is 6.49. The molecule has 4 aromatic rings. The van der Waals surface area contributed by atoms with Gasteiger partial charge in [-0.3, -0.25) is 19.4 Å². The molecular weight excluding hydrogens is 652 g/mol. The molecular formula is C43H52N4O5. The van der Waals surface area contributed by atoms with Crippen LogP contribution in [0.25, 0.3) is 21.8 Å². The zero-order chi connectivity index (χ0) is 36.1. The Hall–Kier alpha value is -4.08. The van der Waals surface area contributed by atoms with Crippen molar-refractivity contribution in [2.24, 2.45) is 23.7 Å². The summed E-state index contributed by atoms with van der Waals surface area (Å²) in [5.41, 5.74) is 8.48. The van der Waals surface area contributed by atoms with Crippen molar-refractivity contribution < 1.29 is 23.8 Å². The van der Waals surface area contributed by atoms with Gasteiger partial charge >= 0.3 is 11.9 Å². The van der Waals surface area contributed by atoms with Crippen LogP contribution in [0.1, 0.15) is 73.5 Å². The van der Waals surface area contributed by atoms with E-state index in [2.05, 4.69) is 83.1 Å². The number of para-hydroxylation sites is 1. The number of rotatable bonds is 5. The number of H-pyrrole nitrogens is 2. The van der Waals surface area contributed by atoms with E-state index in [1.807, 2.05) is 0 Å². The second-order valence-corrected chi connectivity index (χ2v) is 16.3. The lowest BCUT2D eigenvalue weighted by molar-refractivity contribution is -0.162. The Bertz CT molecular complexity index is 2110. The molecule has 1 saturated carbocycles. The summed E-state index contributed by atoms with van der Waals surface area (Å²) in [6, 6.07) is 13.2. The average Bonchev–Trinajstić information content (AvgIpc) is 3.69. The molecule has 52 heavy (non-hydrogen) atoms. The van der Waals surface area contributed by atoms with Gasteiger partial charge in [0.05, 0.1) is 27.2 Å². The van der Waals surface area contributed by atoms with Crippen molar-refractivity contribution in [2.75, 3.05) is 48.0 Å². The summed E-state index contributed by atoms with van der Waals surface area (Å²) in [5, 5.41) is 2.32. The zero-order valence-electron chi connectivity index (χ0n) is 31.4. The van der Waals surface area contributed by atoms with Crippen molar-refractivity contribution in [3.8, 4) is 5.75 Å². The molecule has 9 atom stereocenters. The number of hydrogen-bond donors (Lipinski definition) is 2. The fourth-order valence-electron chi connectivity index (χ4n) is 12.1. The van der Waals surface area contributed by atoms with Crippen molar-refractivity contribution in [1.82, 2.24) is 19.8 Å². The number of hydrogen-bond acceptors (Lipinski definition) is 7. The van der Waals surface area contributed by atoms with Crippen molar-refractivity contribution >= 4 is 33.7 Å². The second kappa shape index (κ2) is 12.5. The Morgan fingerprint density at radius 2 is 1.85 bits per heavy atom. The van der Waals surface area contributed by atoms with E-state index in [-0.39, 0.29) is 41.8 Å². The summed E-state index contributed by atoms with van der Waals surface area (Å²) in [5.74, 6) is 1.11. The van der Waals surface area contributed by atoms with Crippen LogP contribution < -0.4 is 4.74 Å². The Balaban J connectivity index is 1.27. The Kier molecular flexibility index (Phi) is 8.12. The number of carbonyl (C=O) groups is 2. The molecule has 2 aromatic carbocycles. The highest BCUT2D eigenvalue weighted by atomic mass is 16.5. The Labute approximate surface area is 306 Å². The molecule has 2 aromatic heterocycles. The SMILES string of the molecule is C/C=C1/CN(C)[C@H]2Cc3c([nH]c4ccccc34)[C@H](c3cc4[nH]c5c(c4cc3OC)CCN3C[C@H]4C[C@H](CC)[C@H]3[C@@]5(C(=O)OC)C4)C[C@H]1[C@@H]2C(=O)OC. The van der Waals surface area contributed by atoms with Crippen molar-refractivity contribution in [3.05, 3.63) is 76.1 Å². The van der Waals surface area contributed by atoms with Crippen molar-refractivity contribution in [1.29, 1.82) is 0 Å². The normalized spacial score (nSPS) is 33.2. The first-order chi connectivity index (χ1) is 25.3. The van der Waals surface area contributed by atoms with Gasteiger partial charge in [0.2, 0.25) is 0 Å². The van der Waals surface area contributed by atoms with Crippen molar-refractivity contribution in [3.63, 3.8) is 0 Å². The fraction of sp³-hybridized carbons (Fsp3) is 0.535. The van der Waals surface area contributed by atoms with Crippen LogP contribution in [0.4, 0.5) is 0 Å². The lowest BCUT2D eigenvalue weighted by atomic mass is 9.56. The van der Waals surface area contributed by atoms with Gasteiger partial charge in [-0.1, -0.05) is 43.2 Å². The number of carbonyl (C=O) groups excluding carboxylic acids is 2. The average molecular weight is 705 g/mol. The van der Waals surface area contributed by atoms with Gasteiger partial charge in [0.1, 0.15) is 11.2 Å². The molecule has 4 fully saturated rings. The molecule has 6 heterocycles. The van der Waals surface area contributed by atoms with Crippen LogP contribution in [0.2, 0.25) is 0 Å². The molecule has 2 N–H and O–H groups in total. The highest BCUT2D eigenvalue weighted by Crippen LogP contribution is 2.56. The minimum absolute atomic E-state index is 0.00122. The number of nitrogens with zero attached hydrogens (tertiary/aromatic N) is 2. The number of benzene rings is 2. The molecule has 3 saturated heterocycles. The molecule has 9 heteroatoms. The molecule has 9 nitrogen and oxygen atoms in total. The van der Waals surface area contributed by atoms with E-state index in [1.165, 1.54) is 41.3 Å². The maximum Gasteiger partial charge on any atom is 0.319 e. The topological polar surface area (TPSA) is 99.9 Å². The standard InChI is InChI=1S/C43H52N4O5/c1-7-24-15-23-20-43(42(49)52-6)39-27(13-14-47(21-23)40(24)43)29-19-36(50-4)30(17-34(29)45-39)31-16-28-25(8-2)22-46(3)35(37(28)41(48)51-5)18-32-26-11-9-10-12-33(26)44-38(31)32/h8-12,17,19,23-24,28,31,35,37,40,44-45H,7,13-16,18,20-22H2,1-6H3/b25-8-/t23-,24-,28+,31-,35-,37-,40-,43+/m0/s1. The van der Waals surface area contributed by atoms with Crippen LogP contribution in [0.3, 0.4) is 0 Å². The van der Waals surface area contributed by atoms with E-state index in [4.69, 9.17) is 14.2 Å². The monoisotopic (exact) mass is 704 g/mol. The molecule has 4 aliphatic heterocycles. The molecule has 6 bridgehead atoms. The highest BCUT2D eigenvalue weighted by molar-refractivity contribution is 5.93. The molecule has 0 spiro atoms. The number of fused-ring (bicyclic) bond motifs is 9. The van der Waals surface area contributed by atoms with Gasteiger partial charge in [0.15, 0.2) is 0 Å². The lowest BCUT2D eigenvalue weighted by Gasteiger charge is -2.57. The van der Waals surface area contributed by atoms with Gasteiger partial charge in [-0.2, -0.15) is 0 Å². The predicted molar refractivity (Wildman–Crippen MR) is 202 cm³/mol. The van der Waals surface area contributed by atoms with Gasteiger partial charge in [0.25, 0.3) is 0 Å². The van der Waals surface area contributed by atoms with Crippen LogP contribution in [0, 0.1) is 23.7 Å². The summed E-state index contributed by atoms with van der Waals surface area (Å²) in [4.78, 5) is 40.8. The Morgan fingerprint density at radius 1 is 1.02 bits per heavy atom. The van der Waals surface area contributed by atoms with Gasteiger partial charge in [-0.05, 0) is 93.2 Å². The van der Waals surface area contributed by atoms with Gasteiger partial charge in [0, 0.05) is 76.4 Å². The third kappa shape index (κ3) is 4.67. The molecule has 274 valence electrons. The number of aromatic amines is 2. The first kappa shape index (κ1) is 33.7. The summed E-state index contributed by atoms with van der Waals surface area (Å²) in [6.07, 6.45) is 7.59. The van der Waals surface area contributed by atoms with Gasteiger partial charge in [-0.15, -0.1) is 0 Å². The fourth-order valence-corrected chi connectivity index (χ4v) is 12.1. The van der Waals surface area contributed by atoms with E-state index < -0.39 is 5.41 Å². The molecule has 6 aliphatic rings. The number of aromatic nitrogens is 2. The Morgan fingerprint density at radius 3 is 2.60 bits per heavy atom. The second-order valence-electron chi connectivity index (χ2n) is 16.3.